The average Bonchev–Trinajstić information content (AvgIpc) is 3.05. The van der Waals surface area contributed by atoms with Gasteiger partial charge in [0.25, 0.3) is 0 Å². The molecule has 0 fully saturated rings. The number of ether oxygens (including phenoxy) is 1. The third-order valence-electron chi connectivity index (χ3n) is 3.48. The molecule has 0 aliphatic carbocycles. The normalized spacial score (nSPS) is 10.8. The molecular weight excluding hydrogens is 266 g/mol. The summed E-state index contributed by atoms with van der Waals surface area (Å²) in [6.07, 6.45) is 3.70. The number of nitrogen functional groups attached to an aromatic ring is 1. The van der Waals surface area contributed by atoms with E-state index in [1.807, 2.05) is 38.4 Å². The molecule has 2 aromatic heterocycles. The van der Waals surface area contributed by atoms with Gasteiger partial charge in [-0.3, -0.25) is 9.78 Å². The lowest BCUT2D eigenvalue weighted by molar-refractivity contribution is 0.412. The summed E-state index contributed by atoms with van der Waals surface area (Å²) in [6, 6.07) is 5.99. The summed E-state index contributed by atoms with van der Waals surface area (Å²) in [5.41, 5.74) is 10.7. The van der Waals surface area contributed by atoms with Gasteiger partial charge in [-0.25, -0.2) is 0 Å². The smallest absolute Gasteiger partial charge is 0.153 e. The highest BCUT2D eigenvalue weighted by Gasteiger charge is 2.16. The van der Waals surface area contributed by atoms with Gasteiger partial charge in [0, 0.05) is 18.8 Å². The molecule has 6 nitrogen and oxygen atoms in total. The van der Waals surface area contributed by atoms with Gasteiger partial charge in [0.05, 0.1) is 24.6 Å². The van der Waals surface area contributed by atoms with E-state index >= 15 is 0 Å². The van der Waals surface area contributed by atoms with Gasteiger partial charge in [0.2, 0.25) is 0 Å². The van der Waals surface area contributed by atoms with E-state index in [4.69, 9.17) is 10.5 Å². The van der Waals surface area contributed by atoms with Gasteiger partial charge in [0.15, 0.2) is 5.82 Å². The number of aromatic nitrogens is 4. The third kappa shape index (κ3) is 2.24. The van der Waals surface area contributed by atoms with Crippen molar-refractivity contribution in [3.8, 4) is 28.1 Å². The number of aromatic amines is 1. The number of aryl methyl sites for hydroxylation is 2. The Balaban J connectivity index is 2.17. The molecule has 3 N–H and O–H groups in total. The Morgan fingerprint density at radius 1 is 1.29 bits per heavy atom. The Bertz CT molecular complexity index is 787. The van der Waals surface area contributed by atoms with Gasteiger partial charge in [-0.2, -0.15) is 10.2 Å². The van der Waals surface area contributed by atoms with Crippen molar-refractivity contribution in [2.24, 2.45) is 7.05 Å². The Kier molecular flexibility index (Phi) is 3.13. The molecule has 0 saturated carbocycles. The number of benzene rings is 1. The molecule has 0 saturated heterocycles. The fraction of sp³-hybridized carbons (Fsp3) is 0.200. The Labute approximate surface area is 122 Å². The second kappa shape index (κ2) is 4.97. The number of nitrogens with two attached hydrogens (primary N) is 1. The van der Waals surface area contributed by atoms with Crippen LogP contribution in [0.1, 0.15) is 5.56 Å². The molecule has 2 heterocycles. The summed E-state index contributed by atoms with van der Waals surface area (Å²) in [4.78, 5) is 0. The van der Waals surface area contributed by atoms with E-state index in [-0.39, 0.29) is 0 Å². The van der Waals surface area contributed by atoms with Crippen molar-refractivity contribution < 1.29 is 4.74 Å². The standard InChI is InChI=1S/C15H17N5O/c1-9-4-5-10(6-12(9)21-3)13-14(18-19-15(13)16)11-7-17-20(2)8-11/h4-8H,1-3H3,(H3,16,18,19). The van der Waals surface area contributed by atoms with Gasteiger partial charge in [-0.15, -0.1) is 0 Å². The van der Waals surface area contributed by atoms with Crippen molar-refractivity contribution >= 4 is 5.82 Å². The molecule has 21 heavy (non-hydrogen) atoms. The number of methoxy groups -OCH3 is 1. The third-order valence-corrected chi connectivity index (χ3v) is 3.48. The maximum atomic E-state index is 6.04. The van der Waals surface area contributed by atoms with E-state index in [0.29, 0.717) is 5.82 Å². The second-order valence-electron chi connectivity index (χ2n) is 4.95. The van der Waals surface area contributed by atoms with Crippen LogP contribution < -0.4 is 10.5 Å². The average molecular weight is 283 g/mol. The molecule has 0 atom stereocenters. The molecule has 0 aliphatic rings. The van der Waals surface area contributed by atoms with Crippen molar-refractivity contribution in [3.63, 3.8) is 0 Å². The summed E-state index contributed by atoms with van der Waals surface area (Å²) in [5, 5.41) is 11.3. The lowest BCUT2D eigenvalue weighted by Crippen LogP contribution is -1.91. The maximum Gasteiger partial charge on any atom is 0.153 e. The number of hydrogen-bond donors (Lipinski definition) is 2. The van der Waals surface area contributed by atoms with E-state index in [2.05, 4.69) is 15.3 Å². The van der Waals surface area contributed by atoms with Crippen LogP contribution in [-0.2, 0) is 7.05 Å². The van der Waals surface area contributed by atoms with Crippen LogP contribution >= 0.6 is 0 Å². The van der Waals surface area contributed by atoms with Gasteiger partial charge < -0.3 is 10.5 Å². The Morgan fingerprint density at radius 3 is 2.76 bits per heavy atom. The first-order valence-electron chi connectivity index (χ1n) is 6.58. The summed E-state index contributed by atoms with van der Waals surface area (Å²) < 4.78 is 7.13. The van der Waals surface area contributed by atoms with Gasteiger partial charge in [0.1, 0.15) is 5.75 Å². The molecular formula is C15H17N5O. The molecule has 3 aromatic rings. The minimum Gasteiger partial charge on any atom is -0.496 e. The number of anilines is 1. The zero-order valence-corrected chi connectivity index (χ0v) is 12.2. The molecule has 6 heteroatoms. The molecule has 0 bridgehead atoms. The van der Waals surface area contributed by atoms with Crippen LogP contribution in [0.4, 0.5) is 5.82 Å². The van der Waals surface area contributed by atoms with E-state index in [1.54, 1.807) is 18.0 Å². The van der Waals surface area contributed by atoms with Crippen molar-refractivity contribution in [1.29, 1.82) is 0 Å². The minimum atomic E-state index is 0.458. The van der Waals surface area contributed by atoms with Crippen LogP contribution in [0.15, 0.2) is 30.6 Å². The quantitative estimate of drug-likeness (QED) is 0.773. The summed E-state index contributed by atoms with van der Waals surface area (Å²) >= 11 is 0. The highest BCUT2D eigenvalue weighted by molar-refractivity contribution is 5.88. The fourth-order valence-corrected chi connectivity index (χ4v) is 2.38. The first kappa shape index (κ1) is 13.2. The van der Waals surface area contributed by atoms with Crippen LogP contribution in [0, 0.1) is 6.92 Å². The lowest BCUT2D eigenvalue weighted by Gasteiger charge is -2.08. The SMILES string of the molecule is COc1cc(-c2c(N)n[nH]c2-c2cnn(C)c2)ccc1C. The number of rotatable bonds is 3. The second-order valence-corrected chi connectivity index (χ2v) is 4.95. The minimum absolute atomic E-state index is 0.458. The summed E-state index contributed by atoms with van der Waals surface area (Å²) in [7, 11) is 3.53. The van der Waals surface area contributed by atoms with Crippen LogP contribution in [0.25, 0.3) is 22.4 Å². The molecule has 0 unspecified atom stereocenters. The summed E-state index contributed by atoms with van der Waals surface area (Å²) in [5.74, 6) is 1.28. The zero-order chi connectivity index (χ0) is 15.0. The predicted octanol–water partition coefficient (Wildman–Crippen LogP) is 2.38. The van der Waals surface area contributed by atoms with E-state index in [0.717, 1.165) is 33.7 Å². The topological polar surface area (TPSA) is 81.8 Å². The Hall–Kier alpha value is -2.76. The largest absolute Gasteiger partial charge is 0.496 e. The van der Waals surface area contributed by atoms with Crippen LogP contribution in [0.2, 0.25) is 0 Å². The van der Waals surface area contributed by atoms with Crippen molar-refractivity contribution in [2.45, 2.75) is 6.92 Å². The van der Waals surface area contributed by atoms with Crippen molar-refractivity contribution in [2.75, 3.05) is 12.8 Å². The van der Waals surface area contributed by atoms with Gasteiger partial charge in [-0.05, 0) is 24.1 Å². The van der Waals surface area contributed by atoms with Crippen LogP contribution in [-0.4, -0.2) is 27.1 Å². The first-order chi connectivity index (χ1) is 10.1. The number of H-pyrrole nitrogens is 1. The molecule has 0 radical (unpaired) electrons. The molecule has 0 aliphatic heterocycles. The fourth-order valence-electron chi connectivity index (χ4n) is 2.38. The highest BCUT2D eigenvalue weighted by atomic mass is 16.5. The summed E-state index contributed by atoms with van der Waals surface area (Å²) in [6.45, 7) is 2.00. The lowest BCUT2D eigenvalue weighted by atomic mass is 10.0. The molecule has 1 aromatic carbocycles. The predicted molar refractivity (Wildman–Crippen MR) is 81.9 cm³/mol. The monoisotopic (exact) mass is 283 g/mol. The van der Waals surface area contributed by atoms with Crippen molar-refractivity contribution in [1.82, 2.24) is 20.0 Å². The number of hydrogen-bond acceptors (Lipinski definition) is 4. The Morgan fingerprint density at radius 2 is 2.10 bits per heavy atom. The zero-order valence-electron chi connectivity index (χ0n) is 12.2. The van der Waals surface area contributed by atoms with E-state index in [9.17, 15) is 0 Å². The molecule has 0 amide bonds. The molecule has 0 spiro atoms. The van der Waals surface area contributed by atoms with E-state index in [1.165, 1.54) is 0 Å². The van der Waals surface area contributed by atoms with Gasteiger partial charge in [-0.1, -0.05) is 12.1 Å². The molecule has 108 valence electrons. The van der Waals surface area contributed by atoms with Crippen LogP contribution in [0.5, 0.6) is 5.75 Å². The van der Waals surface area contributed by atoms with Crippen molar-refractivity contribution in [3.05, 3.63) is 36.2 Å². The van der Waals surface area contributed by atoms with Crippen LogP contribution in [0.3, 0.4) is 0 Å². The number of nitrogens with one attached hydrogen (secondary N) is 1. The highest BCUT2D eigenvalue weighted by Crippen LogP contribution is 2.36. The molecule has 3 rings (SSSR count). The first-order valence-corrected chi connectivity index (χ1v) is 6.58. The van der Waals surface area contributed by atoms with Gasteiger partial charge >= 0.3 is 0 Å². The maximum absolute atomic E-state index is 6.04. The van der Waals surface area contributed by atoms with E-state index < -0.39 is 0 Å². The number of nitrogens with zero attached hydrogens (tertiary/aromatic N) is 3.